The predicted octanol–water partition coefficient (Wildman–Crippen LogP) is 2.55. The van der Waals surface area contributed by atoms with Gasteiger partial charge in [0.2, 0.25) is 0 Å². The van der Waals surface area contributed by atoms with E-state index in [9.17, 15) is 0 Å². The number of benzene rings is 1. The lowest BCUT2D eigenvalue weighted by Gasteiger charge is -2.29. The molecule has 1 aliphatic heterocycles. The number of halogens is 1. The first kappa shape index (κ1) is 10.8. The molecule has 15 heavy (non-hydrogen) atoms. The molecule has 0 amide bonds. The Morgan fingerprint density at radius 3 is 2.93 bits per heavy atom. The molecule has 0 spiro atoms. The maximum absolute atomic E-state index is 6.02. The number of nitrogens with two attached hydrogens (primary N) is 1. The van der Waals surface area contributed by atoms with Gasteiger partial charge in [-0.3, -0.25) is 0 Å². The van der Waals surface area contributed by atoms with E-state index in [1.54, 1.807) is 0 Å². The molecule has 1 aliphatic rings. The highest BCUT2D eigenvalue weighted by molar-refractivity contribution is 6.30. The second-order valence-electron chi connectivity index (χ2n) is 4.35. The number of hydrogen-bond donors (Lipinski definition) is 1. The van der Waals surface area contributed by atoms with Gasteiger partial charge in [-0.25, -0.2) is 0 Å². The van der Waals surface area contributed by atoms with Gasteiger partial charge in [0.25, 0.3) is 0 Å². The molecule has 82 valence electrons. The van der Waals surface area contributed by atoms with Gasteiger partial charge in [0.05, 0.1) is 6.61 Å². The monoisotopic (exact) mass is 225 g/mol. The van der Waals surface area contributed by atoms with E-state index in [4.69, 9.17) is 22.1 Å². The summed E-state index contributed by atoms with van der Waals surface area (Å²) in [7, 11) is 0. The summed E-state index contributed by atoms with van der Waals surface area (Å²) in [6.07, 6.45) is 0.967. The topological polar surface area (TPSA) is 35.2 Å². The normalized spacial score (nSPS) is 21.7. The highest BCUT2D eigenvalue weighted by Crippen LogP contribution is 2.33. The van der Waals surface area contributed by atoms with Gasteiger partial charge < -0.3 is 10.5 Å². The highest BCUT2D eigenvalue weighted by Gasteiger charge is 2.24. The molecule has 2 N–H and O–H groups in total. The standard InChI is InChI=1S/C12H16ClNO/c1-7-3-11(13)5-9-4-10(8(2)14)6-15-12(7)9/h3,5,8,10H,4,6,14H2,1-2H3/t8-,10?/m1/s1. The first-order valence-corrected chi connectivity index (χ1v) is 5.63. The molecule has 2 nitrogen and oxygen atoms in total. The maximum Gasteiger partial charge on any atom is 0.125 e. The van der Waals surface area contributed by atoms with Crippen LogP contribution in [0.15, 0.2) is 12.1 Å². The summed E-state index contributed by atoms with van der Waals surface area (Å²) in [5.41, 5.74) is 8.19. The Bertz CT molecular complexity index is 376. The van der Waals surface area contributed by atoms with Crippen molar-refractivity contribution in [2.45, 2.75) is 26.3 Å². The van der Waals surface area contributed by atoms with Crippen LogP contribution in [0.1, 0.15) is 18.1 Å². The SMILES string of the molecule is Cc1cc(Cl)cc2c1OCC([C@@H](C)N)C2. The third-order valence-electron chi connectivity index (χ3n) is 2.98. The summed E-state index contributed by atoms with van der Waals surface area (Å²) in [5, 5.41) is 0.778. The van der Waals surface area contributed by atoms with Gasteiger partial charge in [-0.1, -0.05) is 11.6 Å². The fourth-order valence-electron chi connectivity index (χ4n) is 2.03. The first-order chi connectivity index (χ1) is 7.08. The molecular formula is C12H16ClNO. The quantitative estimate of drug-likeness (QED) is 0.797. The van der Waals surface area contributed by atoms with Crippen LogP contribution in [0.3, 0.4) is 0 Å². The third-order valence-corrected chi connectivity index (χ3v) is 3.20. The molecular weight excluding hydrogens is 210 g/mol. The molecule has 0 aromatic heterocycles. The van der Waals surface area contributed by atoms with Gasteiger partial charge in [-0.05, 0) is 43.5 Å². The minimum Gasteiger partial charge on any atom is -0.493 e. The Kier molecular flexibility index (Phi) is 2.89. The molecule has 0 bridgehead atoms. The van der Waals surface area contributed by atoms with Crippen molar-refractivity contribution in [2.24, 2.45) is 11.7 Å². The summed E-state index contributed by atoms with van der Waals surface area (Å²) in [4.78, 5) is 0. The highest BCUT2D eigenvalue weighted by atomic mass is 35.5. The van der Waals surface area contributed by atoms with E-state index in [-0.39, 0.29) is 6.04 Å². The van der Waals surface area contributed by atoms with Crippen LogP contribution in [0.2, 0.25) is 5.02 Å². The molecule has 0 aliphatic carbocycles. The Hall–Kier alpha value is -0.730. The zero-order chi connectivity index (χ0) is 11.0. The van der Waals surface area contributed by atoms with E-state index >= 15 is 0 Å². The van der Waals surface area contributed by atoms with Gasteiger partial charge in [-0.2, -0.15) is 0 Å². The molecule has 2 atom stereocenters. The van der Waals surface area contributed by atoms with Crippen molar-refractivity contribution in [1.82, 2.24) is 0 Å². The summed E-state index contributed by atoms with van der Waals surface area (Å²) in [6.45, 7) is 4.76. The number of fused-ring (bicyclic) bond motifs is 1. The maximum atomic E-state index is 6.02. The Labute approximate surface area is 95.4 Å². The van der Waals surface area contributed by atoms with Gasteiger partial charge in [0, 0.05) is 17.0 Å². The third kappa shape index (κ3) is 2.11. The van der Waals surface area contributed by atoms with E-state index in [2.05, 4.69) is 0 Å². The van der Waals surface area contributed by atoms with Crippen LogP contribution >= 0.6 is 11.6 Å². The summed E-state index contributed by atoms with van der Waals surface area (Å²) >= 11 is 6.02. The lowest BCUT2D eigenvalue weighted by Crippen LogP contribution is -2.35. The molecule has 1 aromatic carbocycles. The van der Waals surface area contributed by atoms with Crippen LogP contribution in [-0.2, 0) is 6.42 Å². The first-order valence-electron chi connectivity index (χ1n) is 5.25. The van der Waals surface area contributed by atoms with Crippen LogP contribution in [0, 0.1) is 12.8 Å². The van der Waals surface area contributed by atoms with Gasteiger partial charge in [-0.15, -0.1) is 0 Å². The molecule has 1 unspecified atom stereocenters. The van der Waals surface area contributed by atoms with E-state index < -0.39 is 0 Å². The molecule has 2 rings (SSSR count). The minimum absolute atomic E-state index is 0.164. The smallest absolute Gasteiger partial charge is 0.125 e. The fraction of sp³-hybridized carbons (Fsp3) is 0.500. The molecule has 1 aromatic rings. The van der Waals surface area contributed by atoms with E-state index in [0.29, 0.717) is 12.5 Å². The number of aryl methyl sites for hydroxylation is 1. The summed E-state index contributed by atoms with van der Waals surface area (Å²) in [5.74, 6) is 1.40. The van der Waals surface area contributed by atoms with Crippen LogP contribution < -0.4 is 10.5 Å². The molecule has 0 saturated carbocycles. The fourth-order valence-corrected chi connectivity index (χ4v) is 2.32. The van der Waals surface area contributed by atoms with Crippen molar-refractivity contribution in [2.75, 3.05) is 6.61 Å². The molecule has 1 heterocycles. The predicted molar refractivity (Wildman–Crippen MR) is 62.5 cm³/mol. The summed E-state index contributed by atoms with van der Waals surface area (Å²) in [6, 6.07) is 4.09. The molecule has 0 radical (unpaired) electrons. The second-order valence-corrected chi connectivity index (χ2v) is 4.78. The van der Waals surface area contributed by atoms with Gasteiger partial charge in [0.1, 0.15) is 5.75 Å². The Morgan fingerprint density at radius 2 is 2.27 bits per heavy atom. The molecule has 0 saturated heterocycles. The van der Waals surface area contributed by atoms with Crippen molar-refractivity contribution in [3.8, 4) is 5.75 Å². The number of hydrogen-bond acceptors (Lipinski definition) is 2. The zero-order valence-electron chi connectivity index (χ0n) is 9.09. The van der Waals surface area contributed by atoms with E-state index in [1.807, 2.05) is 26.0 Å². The van der Waals surface area contributed by atoms with Crippen molar-refractivity contribution in [1.29, 1.82) is 0 Å². The van der Waals surface area contributed by atoms with Crippen molar-refractivity contribution in [3.63, 3.8) is 0 Å². The van der Waals surface area contributed by atoms with Gasteiger partial charge >= 0.3 is 0 Å². The van der Waals surface area contributed by atoms with Crippen molar-refractivity contribution in [3.05, 3.63) is 28.3 Å². The largest absolute Gasteiger partial charge is 0.493 e. The molecule has 3 heteroatoms. The average molecular weight is 226 g/mol. The summed E-state index contributed by atoms with van der Waals surface area (Å²) < 4.78 is 5.74. The van der Waals surface area contributed by atoms with E-state index in [1.165, 1.54) is 5.56 Å². The lowest BCUT2D eigenvalue weighted by molar-refractivity contribution is 0.203. The van der Waals surface area contributed by atoms with Crippen LogP contribution in [0.4, 0.5) is 0 Å². The zero-order valence-corrected chi connectivity index (χ0v) is 9.84. The minimum atomic E-state index is 0.164. The molecule has 0 fully saturated rings. The van der Waals surface area contributed by atoms with Crippen molar-refractivity contribution >= 4 is 11.6 Å². The number of rotatable bonds is 1. The Morgan fingerprint density at radius 1 is 1.53 bits per heavy atom. The van der Waals surface area contributed by atoms with Crippen molar-refractivity contribution < 1.29 is 4.74 Å². The number of ether oxygens (including phenoxy) is 1. The Balaban J connectivity index is 2.33. The van der Waals surface area contributed by atoms with E-state index in [0.717, 1.165) is 22.8 Å². The van der Waals surface area contributed by atoms with Crippen LogP contribution in [0.25, 0.3) is 0 Å². The second kappa shape index (κ2) is 4.03. The van der Waals surface area contributed by atoms with Crippen LogP contribution in [0.5, 0.6) is 5.75 Å². The van der Waals surface area contributed by atoms with Gasteiger partial charge in [0.15, 0.2) is 0 Å². The lowest BCUT2D eigenvalue weighted by atomic mass is 9.91. The average Bonchev–Trinajstić information content (AvgIpc) is 2.16. The van der Waals surface area contributed by atoms with Crippen LogP contribution in [-0.4, -0.2) is 12.6 Å².